The minimum atomic E-state index is 0.470. The van der Waals surface area contributed by atoms with E-state index >= 15 is 0 Å². The summed E-state index contributed by atoms with van der Waals surface area (Å²) >= 11 is 5.07. The fourth-order valence-corrected chi connectivity index (χ4v) is 2.69. The lowest BCUT2D eigenvalue weighted by molar-refractivity contribution is 0.382. The molecule has 1 saturated carbocycles. The van der Waals surface area contributed by atoms with Crippen LogP contribution < -0.4 is 0 Å². The lowest BCUT2D eigenvalue weighted by Crippen LogP contribution is -2.15. The van der Waals surface area contributed by atoms with Gasteiger partial charge in [0.15, 0.2) is 0 Å². The number of nitrogens with zero attached hydrogens (tertiary/aromatic N) is 3. The molecule has 1 fully saturated rings. The quantitative estimate of drug-likeness (QED) is 0.544. The predicted octanol–water partition coefficient (Wildman–Crippen LogP) is 1.47. The first-order chi connectivity index (χ1) is 6.34. The van der Waals surface area contributed by atoms with E-state index in [4.69, 9.17) is 12.2 Å². The van der Waals surface area contributed by atoms with Crippen LogP contribution in [0.5, 0.6) is 0 Å². The van der Waals surface area contributed by atoms with Crippen molar-refractivity contribution in [1.29, 1.82) is 0 Å². The van der Waals surface area contributed by atoms with Crippen molar-refractivity contribution in [3.63, 3.8) is 0 Å². The zero-order valence-corrected chi connectivity index (χ0v) is 7.87. The van der Waals surface area contributed by atoms with Gasteiger partial charge in [-0.05, 0) is 36.9 Å². The summed E-state index contributed by atoms with van der Waals surface area (Å²) in [5.41, 5.74) is 0. The van der Waals surface area contributed by atoms with Gasteiger partial charge in [0.05, 0.1) is 6.04 Å². The molecule has 0 unspecified atom stereocenters. The number of aromatic amines is 1. The van der Waals surface area contributed by atoms with Gasteiger partial charge in [0.2, 0.25) is 4.77 Å². The third kappa shape index (κ3) is 0.997. The Hall–Kier alpha value is -0.970. The number of nitrogens with one attached hydrogen (secondary N) is 1. The van der Waals surface area contributed by atoms with E-state index in [0.717, 1.165) is 5.92 Å². The van der Waals surface area contributed by atoms with E-state index in [1.807, 2.05) is 4.68 Å². The van der Waals surface area contributed by atoms with E-state index in [-0.39, 0.29) is 0 Å². The summed E-state index contributed by atoms with van der Waals surface area (Å²) in [5.74, 6) is 1.39. The van der Waals surface area contributed by atoms with Crippen LogP contribution in [-0.4, -0.2) is 20.2 Å². The molecule has 2 aliphatic rings. The van der Waals surface area contributed by atoms with E-state index in [1.165, 1.54) is 12.8 Å². The maximum absolute atomic E-state index is 5.07. The van der Waals surface area contributed by atoms with Gasteiger partial charge in [-0.1, -0.05) is 22.5 Å². The van der Waals surface area contributed by atoms with Gasteiger partial charge in [0, 0.05) is 0 Å². The Bertz CT molecular complexity index is 404. The molecule has 1 heterocycles. The molecule has 5 heteroatoms. The first-order valence-electron chi connectivity index (χ1n) is 4.52. The molecular formula is C8H10N4S. The Morgan fingerprint density at radius 3 is 2.92 bits per heavy atom. The third-order valence-electron chi connectivity index (χ3n) is 3.07. The SMILES string of the molecule is S=c1nn[nH]n1[C@H]1C[C@H]2C=C[C@H]1C2. The molecule has 1 aromatic heterocycles. The molecule has 0 saturated heterocycles. The fraction of sp³-hybridized carbons (Fsp3) is 0.625. The van der Waals surface area contributed by atoms with Crippen LogP contribution in [0.1, 0.15) is 18.9 Å². The lowest BCUT2D eigenvalue weighted by atomic mass is 10.0. The predicted molar refractivity (Wildman–Crippen MR) is 49.6 cm³/mol. The van der Waals surface area contributed by atoms with Crippen molar-refractivity contribution in [1.82, 2.24) is 20.2 Å². The molecule has 0 aliphatic heterocycles. The average Bonchev–Trinajstić information content (AvgIpc) is 2.77. The van der Waals surface area contributed by atoms with Crippen LogP contribution in [0.15, 0.2) is 12.2 Å². The summed E-state index contributed by atoms with van der Waals surface area (Å²) < 4.78 is 2.50. The number of H-pyrrole nitrogens is 1. The summed E-state index contributed by atoms with van der Waals surface area (Å²) in [6.07, 6.45) is 7.06. The van der Waals surface area contributed by atoms with Crippen LogP contribution in [0, 0.1) is 16.6 Å². The Morgan fingerprint density at radius 2 is 2.38 bits per heavy atom. The van der Waals surface area contributed by atoms with Crippen molar-refractivity contribution in [3.05, 3.63) is 16.9 Å². The van der Waals surface area contributed by atoms with Gasteiger partial charge in [0.1, 0.15) is 0 Å². The Morgan fingerprint density at radius 1 is 1.46 bits per heavy atom. The largest absolute Gasteiger partial charge is 0.239 e. The van der Waals surface area contributed by atoms with Crippen LogP contribution in [0.25, 0.3) is 0 Å². The standard InChI is InChI=1S/C8H10N4S/c13-8-9-10-11-12(8)7-4-5-1-2-6(7)3-5/h1-2,5-7H,3-4H2,(H,9,11,13)/t5-,6-,7-/m0/s1. The van der Waals surface area contributed by atoms with Crippen LogP contribution >= 0.6 is 12.2 Å². The first kappa shape index (κ1) is 7.44. The number of allylic oxidation sites excluding steroid dienone is 2. The minimum Gasteiger partial charge on any atom is -0.239 e. The molecule has 0 spiro atoms. The zero-order chi connectivity index (χ0) is 8.84. The van der Waals surface area contributed by atoms with Gasteiger partial charge >= 0.3 is 0 Å². The van der Waals surface area contributed by atoms with Gasteiger partial charge in [-0.25, -0.2) is 4.68 Å². The van der Waals surface area contributed by atoms with E-state index in [0.29, 0.717) is 16.7 Å². The molecule has 68 valence electrons. The smallest absolute Gasteiger partial charge is 0.238 e. The number of hydrogen-bond acceptors (Lipinski definition) is 3. The van der Waals surface area contributed by atoms with E-state index < -0.39 is 0 Å². The number of fused-ring (bicyclic) bond motifs is 2. The van der Waals surface area contributed by atoms with Crippen LogP contribution in [0.3, 0.4) is 0 Å². The highest BCUT2D eigenvalue weighted by Gasteiger charge is 2.37. The van der Waals surface area contributed by atoms with Crippen molar-refractivity contribution in [2.45, 2.75) is 18.9 Å². The number of hydrogen-bond donors (Lipinski definition) is 1. The van der Waals surface area contributed by atoms with Crippen molar-refractivity contribution < 1.29 is 0 Å². The Balaban J connectivity index is 2.00. The lowest BCUT2D eigenvalue weighted by Gasteiger charge is -2.17. The van der Waals surface area contributed by atoms with Gasteiger partial charge in [-0.15, -0.1) is 0 Å². The second kappa shape index (κ2) is 2.51. The summed E-state index contributed by atoms with van der Waals surface area (Å²) in [4.78, 5) is 0. The first-order valence-corrected chi connectivity index (χ1v) is 4.93. The molecule has 2 aliphatic carbocycles. The monoisotopic (exact) mass is 194 g/mol. The van der Waals surface area contributed by atoms with Gasteiger partial charge in [-0.2, -0.15) is 5.21 Å². The molecule has 13 heavy (non-hydrogen) atoms. The van der Waals surface area contributed by atoms with Gasteiger partial charge in [-0.3, -0.25) is 0 Å². The van der Waals surface area contributed by atoms with E-state index in [9.17, 15) is 0 Å². The molecular weight excluding hydrogens is 184 g/mol. The molecule has 2 bridgehead atoms. The Labute approximate surface area is 80.6 Å². The molecule has 0 aromatic carbocycles. The molecule has 1 N–H and O–H groups in total. The van der Waals surface area contributed by atoms with Crippen LogP contribution in [0.4, 0.5) is 0 Å². The van der Waals surface area contributed by atoms with E-state index in [2.05, 4.69) is 27.7 Å². The highest BCUT2D eigenvalue weighted by atomic mass is 32.1. The molecule has 3 rings (SSSR count). The maximum atomic E-state index is 5.07. The number of tetrazole rings is 1. The molecule has 0 radical (unpaired) electrons. The van der Waals surface area contributed by atoms with Crippen molar-refractivity contribution in [2.75, 3.05) is 0 Å². The van der Waals surface area contributed by atoms with Crippen molar-refractivity contribution >= 4 is 12.2 Å². The zero-order valence-electron chi connectivity index (χ0n) is 7.05. The summed E-state index contributed by atoms with van der Waals surface area (Å²) in [6, 6.07) is 0.470. The summed E-state index contributed by atoms with van der Waals surface area (Å²) in [6.45, 7) is 0. The average molecular weight is 194 g/mol. The molecule has 3 atom stereocenters. The van der Waals surface area contributed by atoms with Gasteiger partial charge in [0.25, 0.3) is 0 Å². The maximum Gasteiger partial charge on any atom is 0.238 e. The van der Waals surface area contributed by atoms with Crippen molar-refractivity contribution in [3.8, 4) is 0 Å². The highest BCUT2D eigenvalue weighted by molar-refractivity contribution is 7.71. The van der Waals surface area contributed by atoms with E-state index in [1.54, 1.807) is 0 Å². The molecule has 4 nitrogen and oxygen atoms in total. The van der Waals surface area contributed by atoms with Crippen LogP contribution in [-0.2, 0) is 0 Å². The number of rotatable bonds is 1. The highest BCUT2D eigenvalue weighted by Crippen LogP contribution is 2.45. The second-order valence-electron chi connectivity index (χ2n) is 3.80. The Kier molecular flexibility index (Phi) is 1.44. The summed E-state index contributed by atoms with van der Waals surface area (Å²) in [5, 5.41) is 10.4. The van der Waals surface area contributed by atoms with Crippen LogP contribution in [0.2, 0.25) is 0 Å². The topological polar surface area (TPSA) is 46.5 Å². The third-order valence-corrected chi connectivity index (χ3v) is 3.35. The minimum absolute atomic E-state index is 0.470. The fourth-order valence-electron chi connectivity index (χ4n) is 2.47. The van der Waals surface area contributed by atoms with Gasteiger partial charge < -0.3 is 0 Å². The van der Waals surface area contributed by atoms with Crippen molar-refractivity contribution in [2.24, 2.45) is 11.8 Å². The molecule has 0 amide bonds. The normalized spacial score (nSPS) is 35.8. The number of aromatic nitrogens is 4. The summed E-state index contributed by atoms with van der Waals surface area (Å²) in [7, 11) is 0. The molecule has 1 aromatic rings. The second-order valence-corrected chi connectivity index (χ2v) is 4.17.